The Morgan fingerprint density at radius 2 is 2.12 bits per heavy atom. The molecule has 0 saturated carbocycles. The maximum absolute atomic E-state index is 12.5. The zero-order chi connectivity index (χ0) is 18.0. The van der Waals surface area contributed by atoms with Crippen molar-refractivity contribution in [2.24, 2.45) is 5.92 Å². The molecule has 1 aromatic rings. The van der Waals surface area contributed by atoms with Gasteiger partial charge in [-0.1, -0.05) is 11.6 Å². The van der Waals surface area contributed by atoms with Gasteiger partial charge >= 0.3 is 6.09 Å². The Morgan fingerprint density at radius 1 is 1.42 bits per heavy atom. The van der Waals surface area contributed by atoms with E-state index in [0.29, 0.717) is 13.1 Å². The van der Waals surface area contributed by atoms with E-state index in [1.807, 2.05) is 0 Å². The number of carbonyl (C=O) groups excluding carboxylic acids is 1. The van der Waals surface area contributed by atoms with Crippen LogP contribution in [0, 0.1) is 5.92 Å². The fraction of sp³-hybridized carbons (Fsp3) is 0.667. The van der Waals surface area contributed by atoms with Crippen molar-refractivity contribution in [3.05, 3.63) is 17.5 Å². The summed E-state index contributed by atoms with van der Waals surface area (Å²) in [6, 6.07) is 1.24. The lowest BCUT2D eigenvalue weighted by atomic mass is 10.0. The number of nitrogens with zero attached hydrogens (tertiary/aromatic N) is 3. The van der Waals surface area contributed by atoms with E-state index in [-0.39, 0.29) is 21.8 Å². The molecule has 0 spiro atoms. The minimum atomic E-state index is -3.58. The van der Waals surface area contributed by atoms with Crippen LogP contribution in [0.4, 0.5) is 4.79 Å². The van der Waals surface area contributed by atoms with E-state index in [0.717, 1.165) is 19.2 Å². The minimum absolute atomic E-state index is 0.0837. The van der Waals surface area contributed by atoms with Crippen molar-refractivity contribution in [1.29, 1.82) is 0 Å². The molecule has 0 N–H and O–H groups in total. The third-order valence-electron chi connectivity index (χ3n) is 3.55. The highest BCUT2D eigenvalue weighted by molar-refractivity contribution is 7.91. The van der Waals surface area contributed by atoms with Crippen LogP contribution in [0.5, 0.6) is 0 Å². The molecular weight excluding hydrogens is 354 g/mol. The summed E-state index contributed by atoms with van der Waals surface area (Å²) < 4.78 is 30.3. The van der Waals surface area contributed by atoms with Crippen molar-refractivity contribution >= 4 is 27.5 Å². The number of sulfone groups is 1. The lowest BCUT2D eigenvalue weighted by Crippen LogP contribution is -2.44. The standard InChI is InChI=1S/C15H22ClN3O4S/c1-15(2,3)23-14(20)19-6-4-5-11(8-19)9-24(21,22)13-7-12(16)17-10-18-13/h7,10-11H,4-6,8-9H2,1-3H3. The molecule has 0 bridgehead atoms. The van der Waals surface area contributed by atoms with Gasteiger partial charge in [0.05, 0.1) is 5.75 Å². The van der Waals surface area contributed by atoms with Gasteiger partial charge in [-0.15, -0.1) is 0 Å². The molecule has 1 unspecified atom stereocenters. The molecular formula is C15H22ClN3O4S. The smallest absolute Gasteiger partial charge is 0.410 e. The van der Waals surface area contributed by atoms with Gasteiger partial charge in [-0.2, -0.15) is 0 Å². The number of hydrogen-bond acceptors (Lipinski definition) is 6. The van der Waals surface area contributed by atoms with E-state index in [1.54, 1.807) is 25.7 Å². The number of hydrogen-bond donors (Lipinski definition) is 0. The number of rotatable bonds is 3. The van der Waals surface area contributed by atoms with Gasteiger partial charge in [0.2, 0.25) is 0 Å². The molecule has 134 valence electrons. The molecule has 7 nitrogen and oxygen atoms in total. The van der Waals surface area contributed by atoms with Crippen LogP contribution in [0.2, 0.25) is 5.15 Å². The van der Waals surface area contributed by atoms with E-state index < -0.39 is 21.5 Å². The topological polar surface area (TPSA) is 89.5 Å². The highest BCUT2D eigenvalue weighted by Gasteiger charge is 2.31. The normalized spacial score (nSPS) is 19.2. The molecule has 0 aromatic carbocycles. The SMILES string of the molecule is CC(C)(C)OC(=O)N1CCCC(CS(=O)(=O)c2cc(Cl)ncn2)C1. The van der Waals surface area contributed by atoms with Crippen LogP contribution in [-0.2, 0) is 14.6 Å². The predicted molar refractivity (Wildman–Crippen MR) is 89.6 cm³/mol. The summed E-state index contributed by atoms with van der Waals surface area (Å²) in [4.78, 5) is 21.2. The van der Waals surface area contributed by atoms with Crippen LogP contribution in [0.15, 0.2) is 17.4 Å². The van der Waals surface area contributed by atoms with E-state index >= 15 is 0 Å². The Balaban J connectivity index is 2.03. The molecule has 9 heteroatoms. The number of likely N-dealkylation sites (tertiary alicyclic amines) is 1. The van der Waals surface area contributed by atoms with Crippen molar-refractivity contribution in [2.75, 3.05) is 18.8 Å². The van der Waals surface area contributed by atoms with Crippen LogP contribution < -0.4 is 0 Å². The maximum atomic E-state index is 12.5. The molecule has 1 aliphatic heterocycles. The average Bonchev–Trinajstić information content (AvgIpc) is 2.45. The fourth-order valence-corrected chi connectivity index (χ4v) is 4.35. The lowest BCUT2D eigenvalue weighted by Gasteiger charge is -2.33. The summed E-state index contributed by atoms with van der Waals surface area (Å²) in [7, 11) is -3.58. The van der Waals surface area contributed by atoms with Crippen LogP contribution in [0.1, 0.15) is 33.6 Å². The third kappa shape index (κ3) is 5.31. The molecule has 2 heterocycles. The van der Waals surface area contributed by atoms with Crippen molar-refractivity contribution in [2.45, 2.75) is 44.2 Å². The van der Waals surface area contributed by atoms with Gasteiger partial charge in [-0.3, -0.25) is 0 Å². The van der Waals surface area contributed by atoms with E-state index in [2.05, 4.69) is 9.97 Å². The molecule has 0 radical (unpaired) electrons. The van der Waals surface area contributed by atoms with Gasteiger partial charge in [0, 0.05) is 19.2 Å². The van der Waals surface area contributed by atoms with Crippen molar-refractivity contribution in [1.82, 2.24) is 14.9 Å². The Kier molecular flexibility index (Phi) is 5.70. The second-order valence-electron chi connectivity index (χ2n) is 6.89. The molecule has 0 aliphatic carbocycles. The van der Waals surface area contributed by atoms with Gasteiger partial charge in [-0.25, -0.2) is 23.2 Å². The number of carbonyl (C=O) groups is 1. The largest absolute Gasteiger partial charge is 0.444 e. The van der Waals surface area contributed by atoms with Crippen LogP contribution in [0.25, 0.3) is 0 Å². The number of piperidine rings is 1. The van der Waals surface area contributed by atoms with E-state index in [1.165, 1.54) is 6.07 Å². The van der Waals surface area contributed by atoms with Crippen LogP contribution in [-0.4, -0.2) is 53.8 Å². The summed E-state index contributed by atoms with van der Waals surface area (Å²) in [6.07, 6.45) is 2.19. The van der Waals surface area contributed by atoms with Gasteiger partial charge < -0.3 is 9.64 Å². The first kappa shape index (κ1) is 18.9. The molecule has 1 aromatic heterocycles. The van der Waals surface area contributed by atoms with Gasteiger partial charge in [0.1, 0.15) is 17.1 Å². The summed E-state index contributed by atoms with van der Waals surface area (Å²) in [6.45, 7) is 6.33. The monoisotopic (exact) mass is 375 g/mol. The number of amides is 1. The fourth-order valence-electron chi connectivity index (χ4n) is 2.58. The van der Waals surface area contributed by atoms with E-state index in [4.69, 9.17) is 16.3 Å². The Labute approximate surface area is 147 Å². The molecule has 24 heavy (non-hydrogen) atoms. The lowest BCUT2D eigenvalue weighted by molar-refractivity contribution is 0.0176. The highest BCUT2D eigenvalue weighted by atomic mass is 35.5. The van der Waals surface area contributed by atoms with Gasteiger partial charge in [0.25, 0.3) is 0 Å². The van der Waals surface area contributed by atoms with Crippen LogP contribution >= 0.6 is 11.6 Å². The number of halogens is 1. The Hall–Kier alpha value is -1.41. The number of ether oxygens (including phenoxy) is 1. The van der Waals surface area contributed by atoms with Gasteiger partial charge in [-0.05, 0) is 39.5 Å². The summed E-state index contributed by atoms with van der Waals surface area (Å²) in [5.41, 5.74) is -0.576. The summed E-state index contributed by atoms with van der Waals surface area (Å²) in [5.74, 6) is -0.246. The quantitative estimate of drug-likeness (QED) is 0.754. The summed E-state index contributed by atoms with van der Waals surface area (Å²) in [5, 5.41) is -0.000470. The second kappa shape index (κ2) is 7.23. The van der Waals surface area contributed by atoms with Crippen molar-refractivity contribution < 1.29 is 17.9 Å². The van der Waals surface area contributed by atoms with Crippen molar-refractivity contribution in [3.8, 4) is 0 Å². The zero-order valence-corrected chi connectivity index (χ0v) is 15.6. The average molecular weight is 376 g/mol. The molecule has 1 saturated heterocycles. The summed E-state index contributed by atoms with van der Waals surface area (Å²) >= 11 is 5.73. The molecule has 1 aliphatic rings. The van der Waals surface area contributed by atoms with Crippen LogP contribution in [0.3, 0.4) is 0 Å². The Bertz CT molecular complexity index is 703. The molecule has 1 atom stereocenters. The zero-order valence-electron chi connectivity index (χ0n) is 14.0. The first-order valence-electron chi connectivity index (χ1n) is 7.75. The minimum Gasteiger partial charge on any atom is -0.444 e. The van der Waals surface area contributed by atoms with Gasteiger partial charge in [0.15, 0.2) is 14.9 Å². The Morgan fingerprint density at radius 3 is 2.75 bits per heavy atom. The third-order valence-corrected chi connectivity index (χ3v) is 5.53. The second-order valence-corrected chi connectivity index (χ2v) is 9.26. The molecule has 2 rings (SSSR count). The predicted octanol–water partition coefficient (Wildman–Crippen LogP) is 2.55. The molecule has 1 amide bonds. The number of aromatic nitrogens is 2. The van der Waals surface area contributed by atoms with Crippen molar-refractivity contribution in [3.63, 3.8) is 0 Å². The first-order valence-corrected chi connectivity index (χ1v) is 9.78. The maximum Gasteiger partial charge on any atom is 0.410 e. The molecule has 1 fully saturated rings. The van der Waals surface area contributed by atoms with E-state index in [9.17, 15) is 13.2 Å². The highest BCUT2D eigenvalue weighted by Crippen LogP contribution is 2.23. The first-order chi connectivity index (χ1) is 11.1.